The standard InChI is InChI=1S/C33H32BrN3O5S/c1-4-41-32(39)27-28(22-8-6-5-7-9-22)35-33-37(29(27)23-12-10-21(11-13-23)20(2)3)30(38)26(43-33)19-24-18-25(34)31(42-24)36-14-16-40-17-15-36/h5-13,18-20,29H,4,14-17H2,1-3H3/b26-19+. The zero-order valence-electron chi connectivity index (χ0n) is 24.2. The number of anilines is 1. The molecule has 1 saturated heterocycles. The molecule has 1 unspecified atom stereocenters. The second-order valence-corrected chi connectivity index (χ2v) is 12.5. The monoisotopic (exact) mass is 661 g/mol. The van der Waals surface area contributed by atoms with E-state index in [4.69, 9.17) is 18.9 Å². The van der Waals surface area contributed by atoms with Gasteiger partial charge in [-0.1, -0.05) is 79.8 Å². The van der Waals surface area contributed by atoms with Crippen molar-refractivity contribution in [3.63, 3.8) is 0 Å². The lowest BCUT2D eigenvalue weighted by molar-refractivity contribution is -0.138. The number of furan rings is 1. The van der Waals surface area contributed by atoms with Gasteiger partial charge < -0.3 is 18.8 Å². The van der Waals surface area contributed by atoms with Crippen LogP contribution in [0.5, 0.6) is 0 Å². The van der Waals surface area contributed by atoms with Crippen molar-refractivity contribution in [2.45, 2.75) is 32.7 Å². The van der Waals surface area contributed by atoms with E-state index in [1.165, 1.54) is 16.9 Å². The van der Waals surface area contributed by atoms with Crippen molar-refractivity contribution < 1.29 is 18.7 Å². The Morgan fingerprint density at radius 2 is 1.86 bits per heavy atom. The highest BCUT2D eigenvalue weighted by Gasteiger charge is 2.35. The third-order valence-electron chi connectivity index (χ3n) is 7.55. The van der Waals surface area contributed by atoms with Crippen LogP contribution < -0.4 is 19.8 Å². The Bertz CT molecular complexity index is 1850. The number of rotatable bonds is 7. The van der Waals surface area contributed by atoms with Crippen molar-refractivity contribution in [2.24, 2.45) is 4.99 Å². The molecule has 222 valence electrons. The van der Waals surface area contributed by atoms with E-state index in [1.807, 2.05) is 60.7 Å². The average Bonchev–Trinajstić information content (AvgIpc) is 3.55. The summed E-state index contributed by atoms with van der Waals surface area (Å²) in [6, 6.07) is 18.8. The molecule has 4 heterocycles. The number of ether oxygens (including phenoxy) is 2. The van der Waals surface area contributed by atoms with Gasteiger partial charge in [-0.25, -0.2) is 9.79 Å². The average molecular weight is 663 g/mol. The normalized spacial score (nSPS) is 17.3. The van der Waals surface area contributed by atoms with E-state index in [-0.39, 0.29) is 12.2 Å². The largest absolute Gasteiger partial charge is 0.463 e. The molecule has 2 aliphatic heterocycles. The third-order valence-corrected chi connectivity index (χ3v) is 9.10. The number of nitrogens with zero attached hydrogens (tertiary/aromatic N) is 3. The summed E-state index contributed by atoms with van der Waals surface area (Å²) in [6.07, 6.45) is 1.74. The van der Waals surface area contributed by atoms with Gasteiger partial charge in [0.2, 0.25) is 5.88 Å². The molecule has 43 heavy (non-hydrogen) atoms. The fourth-order valence-electron chi connectivity index (χ4n) is 5.38. The molecule has 2 aromatic carbocycles. The smallest absolute Gasteiger partial charge is 0.338 e. The van der Waals surface area contributed by atoms with Gasteiger partial charge in [0.1, 0.15) is 5.76 Å². The number of hydrogen-bond donors (Lipinski definition) is 0. The van der Waals surface area contributed by atoms with Gasteiger partial charge in [-0.05, 0) is 39.9 Å². The van der Waals surface area contributed by atoms with Crippen molar-refractivity contribution in [3.05, 3.63) is 113 Å². The zero-order valence-corrected chi connectivity index (χ0v) is 26.6. The predicted molar refractivity (Wildman–Crippen MR) is 171 cm³/mol. The third kappa shape index (κ3) is 5.79. The molecule has 1 fully saturated rings. The topological polar surface area (TPSA) is 86.3 Å². The fraction of sp³-hybridized carbons (Fsp3) is 0.303. The Morgan fingerprint density at radius 1 is 1.14 bits per heavy atom. The Labute approximate surface area is 261 Å². The molecule has 0 saturated carbocycles. The SMILES string of the molecule is CCOC(=O)C1=C(c2ccccc2)N=c2s/c(=C/c3cc(Br)c(N4CCOCC4)o3)c(=O)n2C1c1ccc(C(C)C)cc1. The van der Waals surface area contributed by atoms with E-state index in [1.54, 1.807) is 17.6 Å². The van der Waals surface area contributed by atoms with Crippen LogP contribution >= 0.6 is 27.3 Å². The summed E-state index contributed by atoms with van der Waals surface area (Å²) in [6.45, 7) is 8.95. The molecule has 0 bridgehead atoms. The Morgan fingerprint density at radius 3 is 2.53 bits per heavy atom. The van der Waals surface area contributed by atoms with E-state index in [0.717, 1.165) is 28.7 Å². The summed E-state index contributed by atoms with van der Waals surface area (Å²) in [5, 5.41) is 0. The molecule has 2 aliphatic rings. The van der Waals surface area contributed by atoms with Gasteiger partial charge in [-0.3, -0.25) is 9.36 Å². The van der Waals surface area contributed by atoms with E-state index in [9.17, 15) is 9.59 Å². The Kier molecular flexibility index (Phi) is 8.52. The number of morpholine rings is 1. The van der Waals surface area contributed by atoms with Crippen LogP contribution in [0, 0.1) is 0 Å². The molecule has 0 spiro atoms. The minimum absolute atomic E-state index is 0.201. The maximum atomic E-state index is 14.2. The first kappa shape index (κ1) is 29.3. The predicted octanol–water partition coefficient (Wildman–Crippen LogP) is 5.25. The van der Waals surface area contributed by atoms with Crippen LogP contribution in [0.1, 0.15) is 55.2 Å². The Balaban J connectivity index is 1.55. The first-order chi connectivity index (χ1) is 20.9. The van der Waals surface area contributed by atoms with Crippen molar-refractivity contribution in [1.82, 2.24) is 4.57 Å². The molecular formula is C33H32BrN3O5S. The Hall–Kier alpha value is -3.73. The molecule has 6 rings (SSSR count). The molecule has 10 heteroatoms. The maximum Gasteiger partial charge on any atom is 0.338 e. The highest BCUT2D eigenvalue weighted by Crippen LogP contribution is 2.36. The van der Waals surface area contributed by atoms with E-state index in [0.29, 0.717) is 51.4 Å². The van der Waals surface area contributed by atoms with Gasteiger partial charge in [-0.2, -0.15) is 0 Å². The van der Waals surface area contributed by atoms with Crippen molar-refractivity contribution in [3.8, 4) is 0 Å². The van der Waals surface area contributed by atoms with Crippen LogP contribution in [0.4, 0.5) is 5.88 Å². The molecule has 4 aromatic rings. The van der Waals surface area contributed by atoms with Gasteiger partial charge in [0.15, 0.2) is 4.80 Å². The summed E-state index contributed by atoms with van der Waals surface area (Å²) in [4.78, 5) is 35.4. The van der Waals surface area contributed by atoms with E-state index < -0.39 is 12.0 Å². The van der Waals surface area contributed by atoms with E-state index in [2.05, 4.69) is 34.7 Å². The fourth-order valence-corrected chi connectivity index (χ4v) is 6.92. The summed E-state index contributed by atoms with van der Waals surface area (Å²) >= 11 is 4.89. The quantitative estimate of drug-likeness (QED) is 0.252. The van der Waals surface area contributed by atoms with Gasteiger partial charge in [0.25, 0.3) is 5.56 Å². The molecule has 0 radical (unpaired) electrons. The number of benzene rings is 2. The van der Waals surface area contributed by atoms with Crippen LogP contribution in [0.3, 0.4) is 0 Å². The maximum absolute atomic E-state index is 14.2. The number of carbonyl (C=O) groups is 1. The lowest BCUT2D eigenvalue weighted by Crippen LogP contribution is -2.40. The number of halogens is 1. The number of hydrogen-bond acceptors (Lipinski definition) is 8. The first-order valence-electron chi connectivity index (χ1n) is 14.4. The van der Waals surface area contributed by atoms with Crippen molar-refractivity contribution in [2.75, 3.05) is 37.8 Å². The summed E-state index contributed by atoms with van der Waals surface area (Å²) in [5.74, 6) is 1.10. The number of fused-ring (bicyclic) bond motifs is 1. The van der Waals surface area contributed by atoms with Crippen LogP contribution in [-0.4, -0.2) is 43.4 Å². The number of esters is 1. The second kappa shape index (κ2) is 12.5. The van der Waals surface area contributed by atoms with Crippen LogP contribution in [0.2, 0.25) is 0 Å². The van der Waals surface area contributed by atoms with Crippen LogP contribution in [0.15, 0.2) is 84.9 Å². The van der Waals surface area contributed by atoms with Gasteiger partial charge in [0.05, 0.1) is 46.1 Å². The summed E-state index contributed by atoms with van der Waals surface area (Å²) < 4.78 is 20.1. The molecule has 0 amide bonds. The van der Waals surface area contributed by atoms with E-state index >= 15 is 0 Å². The number of carbonyl (C=O) groups excluding carboxylic acids is 1. The van der Waals surface area contributed by atoms with Crippen LogP contribution in [-0.2, 0) is 14.3 Å². The van der Waals surface area contributed by atoms with Crippen molar-refractivity contribution >= 4 is 50.9 Å². The molecule has 1 atom stereocenters. The van der Waals surface area contributed by atoms with Crippen molar-refractivity contribution in [1.29, 1.82) is 0 Å². The molecule has 0 N–H and O–H groups in total. The lowest BCUT2D eigenvalue weighted by Gasteiger charge is -2.26. The van der Waals surface area contributed by atoms with Crippen LogP contribution in [0.25, 0.3) is 11.8 Å². The molecular weight excluding hydrogens is 630 g/mol. The van der Waals surface area contributed by atoms with Gasteiger partial charge >= 0.3 is 5.97 Å². The second-order valence-electron chi connectivity index (χ2n) is 10.7. The highest BCUT2D eigenvalue weighted by atomic mass is 79.9. The van der Waals surface area contributed by atoms with Gasteiger partial charge in [0, 0.05) is 30.8 Å². The number of aromatic nitrogens is 1. The molecule has 0 aliphatic carbocycles. The first-order valence-corrected chi connectivity index (χ1v) is 16.0. The minimum Gasteiger partial charge on any atom is -0.463 e. The number of thiazole rings is 1. The molecule has 2 aromatic heterocycles. The van der Waals surface area contributed by atoms with Gasteiger partial charge in [-0.15, -0.1) is 0 Å². The zero-order chi connectivity index (χ0) is 30.1. The molecule has 8 nitrogen and oxygen atoms in total. The summed E-state index contributed by atoms with van der Waals surface area (Å²) in [5.41, 5.74) is 3.33. The minimum atomic E-state index is -0.721. The lowest BCUT2D eigenvalue weighted by atomic mass is 9.91. The summed E-state index contributed by atoms with van der Waals surface area (Å²) in [7, 11) is 0. The highest BCUT2D eigenvalue weighted by molar-refractivity contribution is 9.10.